The topological polar surface area (TPSA) is 66.9 Å². The van der Waals surface area contributed by atoms with Gasteiger partial charge in [-0.1, -0.05) is 0 Å². The summed E-state index contributed by atoms with van der Waals surface area (Å²) < 4.78 is 0. The maximum Gasteiger partial charge on any atom is 0.239 e. The molecule has 2 N–H and O–H groups in total. The zero-order valence-corrected chi connectivity index (χ0v) is 9.24. The molecule has 82 valence electrons. The normalized spacial score (nSPS) is 10.1. The third-order valence-corrected chi connectivity index (χ3v) is 1.66. The average Bonchev–Trinajstić information content (AvgIpc) is 2.14. The summed E-state index contributed by atoms with van der Waals surface area (Å²) in [5.41, 5.74) is 0. The number of rotatable bonds is 4. The molecule has 0 fully saturated rings. The third-order valence-electron chi connectivity index (χ3n) is 1.66. The van der Waals surface area contributed by atoms with E-state index in [0.717, 1.165) is 0 Å². The molecule has 0 aliphatic rings. The van der Waals surface area contributed by atoms with Crippen LogP contribution in [-0.4, -0.2) is 28.5 Å². The van der Waals surface area contributed by atoms with Gasteiger partial charge in [-0.15, -0.1) is 0 Å². The van der Waals surface area contributed by atoms with E-state index in [9.17, 15) is 4.79 Å². The molecule has 0 bridgehead atoms. The van der Waals surface area contributed by atoms with Crippen LogP contribution in [0, 0.1) is 6.92 Å². The molecule has 0 saturated heterocycles. The number of amides is 1. The lowest BCUT2D eigenvalue weighted by Crippen LogP contribution is -2.34. The van der Waals surface area contributed by atoms with Gasteiger partial charge in [-0.25, -0.2) is 9.97 Å². The molecular weight excluding hydrogens is 192 g/mol. The Kier molecular flexibility index (Phi) is 4.03. The number of hydrogen-bond acceptors (Lipinski definition) is 4. The zero-order valence-electron chi connectivity index (χ0n) is 9.24. The first kappa shape index (κ1) is 11.4. The van der Waals surface area contributed by atoms with E-state index in [1.54, 1.807) is 19.2 Å². The lowest BCUT2D eigenvalue weighted by atomic mass is 10.4. The Hall–Kier alpha value is -1.65. The van der Waals surface area contributed by atoms with Gasteiger partial charge in [-0.2, -0.15) is 0 Å². The Balaban J connectivity index is 2.40. The van der Waals surface area contributed by atoms with Crippen LogP contribution in [0.3, 0.4) is 0 Å². The average molecular weight is 208 g/mol. The highest BCUT2D eigenvalue weighted by Gasteiger charge is 2.03. The number of aromatic nitrogens is 2. The van der Waals surface area contributed by atoms with Gasteiger partial charge in [-0.3, -0.25) is 4.79 Å². The molecule has 5 heteroatoms. The highest BCUT2D eigenvalue weighted by atomic mass is 16.1. The molecule has 1 amide bonds. The number of anilines is 1. The Bertz CT molecular complexity index is 338. The number of hydrogen-bond donors (Lipinski definition) is 2. The van der Waals surface area contributed by atoms with E-state index in [1.165, 1.54) is 0 Å². The fourth-order valence-corrected chi connectivity index (χ4v) is 1.10. The minimum atomic E-state index is -0.0405. The van der Waals surface area contributed by atoms with Crippen molar-refractivity contribution in [3.8, 4) is 0 Å². The van der Waals surface area contributed by atoms with Crippen LogP contribution in [0.4, 0.5) is 5.82 Å². The standard InChI is InChI=1S/C10H16N4O/c1-7(2)13-10(15)6-12-9-4-5-11-8(3)14-9/h4-5,7H,6H2,1-3H3,(H,13,15)(H,11,12,14). The third kappa shape index (κ3) is 4.39. The molecule has 0 aliphatic heterocycles. The fourth-order valence-electron chi connectivity index (χ4n) is 1.10. The minimum Gasteiger partial charge on any atom is -0.361 e. The van der Waals surface area contributed by atoms with E-state index < -0.39 is 0 Å². The molecule has 0 spiro atoms. The number of carbonyl (C=O) groups is 1. The van der Waals surface area contributed by atoms with Crippen molar-refractivity contribution in [2.45, 2.75) is 26.8 Å². The monoisotopic (exact) mass is 208 g/mol. The Morgan fingerprint density at radius 3 is 2.87 bits per heavy atom. The van der Waals surface area contributed by atoms with Gasteiger partial charge < -0.3 is 10.6 Å². The van der Waals surface area contributed by atoms with Gasteiger partial charge in [0.1, 0.15) is 11.6 Å². The quantitative estimate of drug-likeness (QED) is 0.765. The van der Waals surface area contributed by atoms with Crippen molar-refractivity contribution >= 4 is 11.7 Å². The van der Waals surface area contributed by atoms with Crippen LogP contribution in [0.1, 0.15) is 19.7 Å². The van der Waals surface area contributed by atoms with E-state index in [2.05, 4.69) is 20.6 Å². The SMILES string of the molecule is Cc1nccc(NCC(=O)NC(C)C)n1. The molecule has 0 atom stereocenters. The van der Waals surface area contributed by atoms with Gasteiger partial charge in [0.25, 0.3) is 0 Å². The molecule has 1 heterocycles. The van der Waals surface area contributed by atoms with Crippen LogP contribution in [0.5, 0.6) is 0 Å². The largest absolute Gasteiger partial charge is 0.361 e. The highest BCUT2D eigenvalue weighted by Crippen LogP contribution is 1.99. The van der Waals surface area contributed by atoms with E-state index in [1.807, 2.05) is 13.8 Å². The molecular formula is C10H16N4O. The van der Waals surface area contributed by atoms with Crippen LogP contribution >= 0.6 is 0 Å². The van der Waals surface area contributed by atoms with Crippen LogP contribution in [0.15, 0.2) is 12.3 Å². The number of carbonyl (C=O) groups excluding carboxylic acids is 1. The first-order valence-electron chi connectivity index (χ1n) is 4.91. The molecule has 0 radical (unpaired) electrons. The summed E-state index contributed by atoms with van der Waals surface area (Å²) >= 11 is 0. The fraction of sp³-hybridized carbons (Fsp3) is 0.500. The first-order chi connectivity index (χ1) is 7.08. The smallest absolute Gasteiger partial charge is 0.239 e. The Labute approximate surface area is 89.3 Å². The van der Waals surface area contributed by atoms with Crippen LogP contribution < -0.4 is 10.6 Å². The zero-order chi connectivity index (χ0) is 11.3. The second-order valence-electron chi connectivity index (χ2n) is 3.56. The number of nitrogens with one attached hydrogen (secondary N) is 2. The van der Waals surface area contributed by atoms with Crippen molar-refractivity contribution in [1.82, 2.24) is 15.3 Å². The Morgan fingerprint density at radius 1 is 1.53 bits per heavy atom. The lowest BCUT2D eigenvalue weighted by Gasteiger charge is -2.09. The predicted molar refractivity (Wildman–Crippen MR) is 58.5 cm³/mol. The van der Waals surface area contributed by atoms with Crippen molar-refractivity contribution in [3.05, 3.63) is 18.1 Å². The van der Waals surface area contributed by atoms with Crippen molar-refractivity contribution in [2.24, 2.45) is 0 Å². The summed E-state index contributed by atoms with van der Waals surface area (Å²) in [5.74, 6) is 1.31. The summed E-state index contributed by atoms with van der Waals surface area (Å²) in [4.78, 5) is 19.4. The second kappa shape index (κ2) is 5.29. The van der Waals surface area contributed by atoms with E-state index in [0.29, 0.717) is 11.6 Å². The van der Waals surface area contributed by atoms with Crippen LogP contribution in [0.25, 0.3) is 0 Å². The van der Waals surface area contributed by atoms with Crippen molar-refractivity contribution in [3.63, 3.8) is 0 Å². The van der Waals surface area contributed by atoms with E-state index >= 15 is 0 Å². The maximum atomic E-state index is 11.3. The van der Waals surface area contributed by atoms with Crippen molar-refractivity contribution < 1.29 is 4.79 Å². The molecule has 1 aromatic heterocycles. The summed E-state index contributed by atoms with van der Waals surface area (Å²) in [7, 11) is 0. The van der Waals surface area contributed by atoms with Gasteiger partial charge in [0.05, 0.1) is 6.54 Å². The molecule has 1 aromatic rings. The van der Waals surface area contributed by atoms with Gasteiger partial charge in [0, 0.05) is 12.2 Å². The van der Waals surface area contributed by atoms with Crippen LogP contribution in [0.2, 0.25) is 0 Å². The summed E-state index contributed by atoms with van der Waals surface area (Å²) in [6.07, 6.45) is 1.66. The van der Waals surface area contributed by atoms with Gasteiger partial charge in [-0.05, 0) is 26.8 Å². The van der Waals surface area contributed by atoms with Crippen molar-refractivity contribution in [1.29, 1.82) is 0 Å². The molecule has 1 rings (SSSR count). The molecule has 0 aliphatic carbocycles. The number of nitrogens with zero attached hydrogens (tertiary/aromatic N) is 2. The molecule has 15 heavy (non-hydrogen) atoms. The summed E-state index contributed by atoms with van der Waals surface area (Å²) in [5, 5.41) is 5.71. The lowest BCUT2D eigenvalue weighted by molar-refractivity contribution is -0.119. The van der Waals surface area contributed by atoms with Crippen molar-refractivity contribution in [2.75, 3.05) is 11.9 Å². The Morgan fingerprint density at radius 2 is 2.27 bits per heavy atom. The number of aryl methyl sites for hydroxylation is 1. The predicted octanol–water partition coefficient (Wildman–Crippen LogP) is 0.722. The minimum absolute atomic E-state index is 0.0405. The maximum absolute atomic E-state index is 11.3. The summed E-state index contributed by atoms with van der Waals surface area (Å²) in [6.45, 7) is 5.88. The molecule has 5 nitrogen and oxygen atoms in total. The van der Waals surface area contributed by atoms with E-state index in [-0.39, 0.29) is 18.5 Å². The van der Waals surface area contributed by atoms with Gasteiger partial charge in [0.15, 0.2) is 0 Å². The first-order valence-corrected chi connectivity index (χ1v) is 4.91. The highest BCUT2D eigenvalue weighted by molar-refractivity contribution is 5.80. The second-order valence-corrected chi connectivity index (χ2v) is 3.56. The van der Waals surface area contributed by atoms with Crippen LogP contribution in [-0.2, 0) is 4.79 Å². The van der Waals surface area contributed by atoms with E-state index in [4.69, 9.17) is 0 Å². The van der Waals surface area contributed by atoms with Gasteiger partial charge in [0.2, 0.25) is 5.91 Å². The molecule has 0 aromatic carbocycles. The molecule has 0 unspecified atom stereocenters. The van der Waals surface area contributed by atoms with Gasteiger partial charge >= 0.3 is 0 Å². The molecule has 0 saturated carbocycles. The summed E-state index contributed by atoms with van der Waals surface area (Å²) in [6, 6.07) is 1.89.